The molecule has 0 unspecified atom stereocenters. The van der Waals surface area contributed by atoms with Crippen molar-refractivity contribution < 1.29 is 9.53 Å². The van der Waals surface area contributed by atoms with Crippen molar-refractivity contribution in [1.82, 2.24) is 0 Å². The van der Waals surface area contributed by atoms with Gasteiger partial charge in [0, 0.05) is 8.84 Å². The fourth-order valence-corrected chi connectivity index (χ4v) is 1.74. The van der Waals surface area contributed by atoms with Crippen LogP contribution in [0.15, 0.2) is 0 Å². The zero-order chi connectivity index (χ0) is 11.8. The summed E-state index contributed by atoms with van der Waals surface area (Å²) >= 11 is 2.36. The molecule has 0 N–H and O–H groups in total. The summed E-state index contributed by atoms with van der Waals surface area (Å²) in [6.07, 6.45) is 0. The quantitative estimate of drug-likeness (QED) is 0.454. The van der Waals surface area contributed by atoms with Crippen molar-refractivity contribution in [1.29, 1.82) is 0 Å². The van der Waals surface area contributed by atoms with Crippen molar-refractivity contribution >= 4 is 36.3 Å². The average Bonchev–Trinajstić information content (AvgIpc) is 1.80. The number of hydrogen-bond donors (Lipinski definition) is 0. The zero-order valence-electron chi connectivity index (χ0n) is 9.77. The van der Waals surface area contributed by atoms with Crippen LogP contribution in [-0.2, 0) is 4.74 Å². The molecule has 0 aliphatic heterocycles. The maximum absolute atomic E-state index is 10.8. The van der Waals surface area contributed by atoms with Crippen molar-refractivity contribution in [2.24, 2.45) is 5.41 Å². The van der Waals surface area contributed by atoms with Gasteiger partial charge in [0.25, 0.3) is 0 Å². The van der Waals surface area contributed by atoms with Crippen LogP contribution >= 0.6 is 22.6 Å². The van der Waals surface area contributed by atoms with Gasteiger partial charge in [-0.1, -0.05) is 50.3 Å². The minimum Gasteiger partial charge on any atom is -0.468 e. The maximum Gasteiger partial charge on any atom is 0.236 e. The lowest BCUT2D eigenvalue weighted by molar-refractivity contribution is -0.0488. The average molecular weight is 308 g/mol. The zero-order valence-corrected chi connectivity index (χ0v) is 11.9. The first-order chi connectivity index (χ1) is 5.92. The highest BCUT2D eigenvalue weighted by molar-refractivity contribution is 14.1. The van der Waals surface area contributed by atoms with Gasteiger partial charge in [-0.2, -0.15) is 0 Å². The second-order valence-corrected chi connectivity index (χ2v) is 7.73. The molecule has 0 saturated carbocycles. The van der Waals surface area contributed by atoms with E-state index in [1.807, 2.05) is 13.8 Å². The smallest absolute Gasteiger partial charge is 0.236 e. The van der Waals surface area contributed by atoms with E-state index in [1.54, 1.807) is 0 Å². The standard InChI is InChI=1S/C10H18BIO2/c1-8(2,9(3,4)12)10(5,6)14-7(11)13/h1-6H3. The van der Waals surface area contributed by atoms with Gasteiger partial charge in [-0.3, -0.25) is 4.79 Å². The molecular weight excluding hydrogens is 290 g/mol. The normalized spacial score (nSPS) is 13.9. The minimum absolute atomic E-state index is 0.00368. The molecule has 0 aromatic rings. The SMILES string of the molecule is [B]C(=O)OC(C)(C)C(C)(C)C(C)(C)I. The van der Waals surface area contributed by atoms with Gasteiger partial charge in [-0.25, -0.2) is 0 Å². The summed E-state index contributed by atoms with van der Waals surface area (Å²) in [5.74, 6) is -0.719. The molecule has 0 saturated heterocycles. The number of carbonyl (C=O) groups is 1. The Labute approximate surface area is 102 Å². The lowest BCUT2D eigenvalue weighted by Crippen LogP contribution is -2.52. The van der Waals surface area contributed by atoms with Crippen LogP contribution in [0.25, 0.3) is 0 Å². The van der Waals surface area contributed by atoms with Gasteiger partial charge in [-0.05, 0) is 13.8 Å². The Bertz CT molecular complexity index is 229. The van der Waals surface area contributed by atoms with Crippen LogP contribution < -0.4 is 0 Å². The molecule has 14 heavy (non-hydrogen) atoms. The summed E-state index contributed by atoms with van der Waals surface area (Å²) in [5, 5.41) is 0. The second-order valence-electron chi connectivity index (χ2n) is 5.03. The number of hydrogen-bond acceptors (Lipinski definition) is 2. The van der Waals surface area contributed by atoms with Gasteiger partial charge in [0.15, 0.2) is 0 Å². The Balaban J connectivity index is 4.97. The van der Waals surface area contributed by atoms with E-state index in [0.717, 1.165) is 0 Å². The molecule has 4 heteroatoms. The molecule has 0 rings (SSSR count). The van der Waals surface area contributed by atoms with E-state index in [9.17, 15) is 4.79 Å². The van der Waals surface area contributed by atoms with Crippen molar-refractivity contribution in [3.8, 4) is 0 Å². The Kier molecular flexibility index (Phi) is 4.10. The summed E-state index contributed by atoms with van der Waals surface area (Å²) in [5.41, 5.74) is -0.751. The summed E-state index contributed by atoms with van der Waals surface area (Å²) in [6, 6.07) is 0. The highest BCUT2D eigenvalue weighted by Crippen LogP contribution is 2.47. The van der Waals surface area contributed by atoms with Gasteiger partial charge in [0.2, 0.25) is 13.7 Å². The first-order valence-electron chi connectivity index (χ1n) is 4.59. The van der Waals surface area contributed by atoms with Gasteiger partial charge in [-0.15, -0.1) is 0 Å². The maximum atomic E-state index is 10.8. The van der Waals surface area contributed by atoms with E-state index < -0.39 is 11.5 Å². The molecule has 0 aliphatic carbocycles. The van der Waals surface area contributed by atoms with Crippen molar-refractivity contribution in [3.63, 3.8) is 0 Å². The topological polar surface area (TPSA) is 26.3 Å². The van der Waals surface area contributed by atoms with E-state index in [1.165, 1.54) is 0 Å². The van der Waals surface area contributed by atoms with Crippen LogP contribution in [0.5, 0.6) is 0 Å². The third kappa shape index (κ3) is 2.88. The molecule has 0 atom stereocenters. The minimum atomic E-state index is -0.719. The number of rotatable bonds is 3. The Morgan fingerprint density at radius 2 is 1.50 bits per heavy atom. The van der Waals surface area contributed by atoms with Crippen molar-refractivity contribution in [2.75, 3.05) is 0 Å². The van der Waals surface area contributed by atoms with E-state index >= 15 is 0 Å². The molecule has 0 aliphatic rings. The van der Waals surface area contributed by atoms with Crippen LogP contribution in [0, 0.1) is 5.41 Å². The van der Waals surface area contributed by atoms with Gasteiger partial charge in [0.05, 0.1) is 0 Å². The molecule has 0 heterocycles. The molecule has 0 bridgehead atoms. The van der Waals surface area contributed by atoms with Crippen LogP contribution in [0.3, 0.4) is 0 Å². The number of halogens is 1. The molecule has 0 fully saturated rings. The third-order valence-electron chi connectivity index (χ3n) is 3.35. The van der Waals surface area contributed by atoms with Crippen LogP contribution in [0.1, 0.15) is 41.5 Å². The van der Waals surface area contributed by atoms with E-state index in [-0.39, 0.29) is 8.84 Å². The number of alkyl halides is 1. The van der Waals surface area contributed by atoms with Crippen molar-refractivity contribution in [3.05, 3.63) is 0 Å². The van der Waals surface area contributed by atoms with Crippen LogP contribution in [0.2, 0.25) is 0 Å². The summed E-state index contributed by atoms with van der Waals surface area (Å²) in [4.78, 5) is 10.8. The van der Waals surface area contributed by atoms with Crippen molar-refractivity contribution in [2.45, 2.75) is 50.6 Å². The first-order valence-corrected chi connectivity index (χ1v) is 5.67. The predicted molar refractivity (Wildman–Crippen MR) is 68.2 cm³/mol. The predicted octanol–water partition coefficient (Wildman–Crippen LogP) is 3.31. The molecule has 80 valence electrons. The molecule has 0 spiro atoms. The summed E-state index contributed by atoms with van der Waals surface area (Å²) in [7, 11) is 5.05. The molecular formula is C10H18BIO2. The highest BCUT2D eigenvalue weighted by Gasteiger charge is 2.48. The third-order valence-corrected chi connectivity index (χ3v) is 4.70. The summed E-state index contributed by atoms with van der Waals surface area (Å²) in [6.45, 7) is 12.1. The molecule has 0 amide bonds. The second kappa shape index (κ2) is 4.03. The lowest BCUT2D eigenvalue weighted by atomic mass is 9.69. The monoisotopic (exact) mass is 308 g/mol. The highest BCUT2D eigenvalue weighted by atomic mass is 127. The summed E-state index contributed by atoms with van der Waals surface area (Å²) < 4.78 is 5.17. The van der Waals surface area contributed by atoms with Gasteiger partial charge in [0.1, 0.15) is 5.60 Å². The fourth-order valence-electron chi connectivity index (χ4n) is 1.09. The molecule has 2 radical (unpaired) electrons. The fraction of sp³-hybridized carbons (Fsp3) is 0.900. The lowest BCUT2D eigenvalue weighted by Gasteiger charge is -2.48. The first kappa shape index (κ1) is 14.3. The molecule has 0 aromatic heterocycles. The largest absolute Gasteiger partial charge is 0.468 e. The van der Waals surface area contributed by atoms with Crippen LogP contribution in [0.4, 0.5) is 4.79 Å². The molecule has 2 nitrogen and oxygen atoms in total. The van der Waals surface area contributed by atoms with Gasteiger partial charge >= 0.3 is 0 Å². The van der Waals surface area contributed by atoms with E-state index in [0.29, 0.717) is 0 Å². The Hall–Kier alpha value is 0.265. The number of carbonyl (C=O) groups excluding carboxylic acids is 1. The van der Waals surface area contributed by atoms with E-state index in [2.05, 4.69) is 50.3 Å². The Morgan fingerprint density at radius 1 is 1.14 bits per heavy atom. The number of ether oxygens (including phenoxy) is 1. The van der Waals surface area contributed by atoms with Crippen LogP contribution in [-0.4, -0.2) is 22.7 Å². The Morgan fingerprint density at radius 3 is 1.71 bits per heavy atom. The molecule has 0 aromatic carbocycles. The van der Waals surface area contributed by atoms with E-state index in [4.69, 9.17) is 12.6 Å². The van der Waals surface area contributed by atoms with Gasteiger partial charge < -0.3 is 4.74 Å².